The van der Waals surface area contributed by atoms with E-state index in [-0.39, 0.29) is 11.6 Å². The smallest absolute Gasteiger partial charge is 0.0307 e. The molecule has 108 valence electrons. The second-order valence-electron chi connectivity index (χ2n) is 6.23. The first kappa shape index (κ1) is 15.0. The Hall–Kier alpha value is -0.380. The third kappa shape index (κ3) is 3.59. The topological polar surface area (TPSA) is 29.3 Å². The van der Waals surface area contributed by atoms with Gasteiger partial charge in [-0.1, -0.05) is 13.3 Å². The Bertz CT molecular complexity index is 391. The lowest BCUT2D eigenvalue weighted by molar-refractivity contribution is 0.0733. The summed E-state index contributed by atoms with van der Waals surface area (Å²) in [5.74, 6) is 0. The molecule has 0 bridgehead atoms. The van der Waals surface area contributed by atoms with E-state index < -0.39 is 0 Å². The molecule has 1 aliphatic rings. The Labute approximate surface area is 122 Å². The minimum atomic E-state index is 0.108. The lowest BCUT2D eigenvalue weighted by Crippen LogP contribution is -2.58. The van der Waals surface area contributed by atoms with Crippen LogP contribution in [-0.2, 0) is 12.8 Å². The molecule has 1 aromatic rings. The van der Waals surface area contributed by atoms with E-state index in [0.29, 0.717) is 0 Å². The Morgan fingerprint density at radius 3 is 2.42 bits per heavy atom. The maximum Gasteiger partial charge on any atom is 0.0307 e. The van der Waals surface area contributed by atoms with E-state index in [9.17, 15) is 0 Å². The summed E-state index contributed by atoms with van der Waals surface area (Å²) < 4.78 is 0. The molecular formula is C16H28N2S. The summed E-state index contributed by atoms with van der Waals surface area (Å²) in [6.45, 7) is 9.28. The number of likely N-dealkylation sites (tertiary alicyclic amines) is 1. The minimum Gasteiger partial charge on any atom is -0.326 e. The van der Waals surface area contributed by atoms with Crippen LogP contribution < -0.4 is 5.73 Å². The van der Waals surface area contributed by atoms with E-state index >= 15 is 0 Å². The SMILES string of the molecule is CCc1ccc(CC(N)C(C)(C)N2CCCCC2)s1. The molecule has 0 aliphatic carbocycles. The third-order valence-corrected chi connectivity index (χ3v) is 5.82. The van der Waals surface area contributed by atoms with Crippen molar-refractivity contribution in [1.29, 1.82) is 0 Å². The van der Waals surface area contributed by atoms with Crippen LogP contribution in [0.2, 0.25) is 0 Å². The van der Waals surface area contributed by atoms with Crippen molar-refractivity contribution in [3.05, 3.63) is 21.9 Å². The highest BCUT2D eigenvalue weighted by Gasteiger charge is 2.33. The van der Waals surface area contributed by atoms with Gasteiger partial charge in [0, 0.05) is 21.3 Å². The average Bonchev–Trinajstić information content (AvgIpc) is 2.87. The molecule has 1 unspecified atom stereocenters. The fourth-order valence-corrected chi connectivity index (χ4v) is 3.91. The molecule has 0 radical (unpaired) electrons. The van der Waals surface area contributed by atoms with Crippen molar-refractivity contribution in [3.63, 3.8) is 0 Å². The monoisotopic (exact) mass is 280 g/mol. The van der Waals surface area contributed by atoms with Gasteiger partial charge in [-0.2, -0.15) is 0 Å². The number of nitrogens with zero attached hydrogens (tertiary/aromatic N) is 1. The first-order valence-corrected chi connectivity index (χ1v) is 8.44. The van der Waals surface area contributed by atoms with Crippen molar-refractivity contribution >= 4 is 11.3 Å². The molecule has 0 saturated carbocycles. The van der Waals surface area contributed by atoms with Crippen LogP contribution in [0.3, 0.4) is 0 Å². The molecule has 1 aromatic heterocycles. The number of hydrogen-bond acceptors (Lipinski definition) is 3. The van der Waals surface area contributed by atoms with Crippen molar-refractivity contribution in [2.75, 3.05) is 13.1 Å². The predicted molar refractivity (Wildman–Crippen MR) is 84.9 cm³/mol. The second-order valence-corrected chi connectivity index (χ2v) is 7.49. The van der Waals surface area contributed by atoms with Crippen LogP contribution in [0.25, 0.3) is 0 Å². The maximum absolute atomic E-state index is 6.53. The van der Waals surface area contributed by atoms with E-state index in [2.05, 4.69) is 37.8 Å². The van der Waals surface area contributed by atoms with Crippen molar-refractivity contribution in [2.24, 2.45) is 5.73 Å². The zero-order chi connectivity index (χ0) is 13.9. The number of hydrogen-bond donors (Lipinski definition) is 1. The zero-order valence-electron chi connectivity index (χ0n) is 12.6. The standard InChI is InChI=1S/C16H28N2S/c1-4-13-8-9-14(19-13)12-15(17)16(2,3)18-10-6-5-7-11-18/h8-9,15H,4-7,10-12,17H2,1-3H3. The molecule has 2 heterocycles. The van der Waals surface area contributed by atoms with Gasteiger partial charge < -0.3 is 5.73 Å². The van der Waals surface area contributed by atoms with Gasteiger partial charge in [-0.25, -0.2) is 0 Å². The quantitative estimate of drug-likeness (QED) is 0.895. The van der Waals surface area contributed by atoms with Crippen LogP contribution >= 0.6 is 11.3 Å². The van der Waals surface area contributed by atoms with Gasteiger partial charge in [0.15, 0.2) is 0 Å². The fourth-order valence-electron chi connectivity index (χ4n) is 2.89. The van der Waals surface area contributed by atoms with Gasteiger partial charge in [0.1, 0.15) is 0 Å². The predicted octanol–water partition coefficient (Wildman–Crippen LogP) is 3.44. The van der Waals surface area contributed by atoms with Crippen molar-refractivity contribution in [2.45, 2.75) is 64.5 Å². The van der Waals surface area contributed by atoms with Crippen molar-refractivity contribution in [3.8, 4) is 0 Å². The van der Waals surface area contributed by atoms with Gasteiger partial charge in [-0.15, -0.1) is 11.3 Å². The van der Waals surface area contributed by atoms with Crippen LogP contribution in [0.5, 0.6) is 0 Å². The van der Waals surface area contributed by atoms with Gasteiger partial charge in [-0.05, 0) is 64.8 Å². The average molecular weight is 280 g/mol. The maximum atomic E-state index is 6.53. The lowest BCUT2D eigenvalue weighted by Gasteiger charge is -2.44. The molecule has 1 saturated heterocycles. The Morgan fingerprint density at radius 1 is 1.21 bits per heavy atom. The Balaban J connectivity index is 1.98. The van der Waals surface area contributed by atoms with Gasteiger partial charge in [0.25, 0.3) is 0 Å². The number of rotatable bonds is 5. The third-order valence-electron chi connectivity index (χ3n) is 4.57. The molecule has 2 nitrogen and oxygen atoms in total. The number of aryl methyl sites for hydroxylation is 1. The van der Waals surface area contributed by atoms with Crippen molar-refractivity contribution < 1.29 is 0 Å². The lowest BCUT2D eigenvalue weighted by atomic mass is 9.88. The summed E-state index contributed by atoms with van der Waals surface area (Å²) in [4.78, 5) is 5.50. The summed E-state index contributed by atoms with van der Waals surface area (Å²) in [5.41, 5.74) is 6.64. The van der Waals surface area contributed by atoms with E-state index in [1.807, 2.05) is 11.3 Å². The number of thiophene rings is 1. The first-order chi connectivity index (χ1) is 9.04. The fraction of sp³-hybridized carbons (Fsp3) is 0.750. The largest absolute Gasteiger partial charge is 0.326 e. The highest BCUT2D eigenvalue weighted by molar-refractivity contribution is 7.11. The molecule has 1 aliphatic heterocycles. The molecule has 3 heteroatoms. The first-order valence-electron chi connectivity index (χ1n) is 7.62. The van der Waals surface area contributed by atoms with E-state index in [4.69, 9.17) is 5.73 Å². The van der Waals surface area contributed by atoms with E-state index in [1.165, 1.54) is 42.1 Å². The molecule has 0 spiro atoms. The molecular weight excluding hydrogens is 252 g/mol. The molecule has 1 fully saturated rings. The Kier molecular flexibility index (Phi) is 5.04. The van der Waals surface area contributed by atoms with Crippen LogP contribution in [-0.4, -0.2) is 29.6 Å². The van der Waals surface area contributed by atoms with E-state index in [0.717, 1.165) is 12.8 Å². The highest BCUT2D eigenvalue weighted by atomic mass is 32.1. The number of piperidine rings is 1. The molecule has 2 rings (SSSR count). The molecule has 0 aromatic carbocycles. The summed E-state index contributed by atoms with van der Waals surface area (Å²) in [7, 11) is 0. The molecule has 19 heavy (non-hydrogen) atoms. The van der Waals surface area contributed by atoms with E-state index in [1.54, 1.807) is 0 Å². The second kappa shape index (κ2) is 6.38. The van der Waals surface area contributed by atoms with Gasteiger partial charge in [-0.3, -0.25) is 4.90 Å². The van der Waals surface area contributed by atoms with Crippen LogP contribution in [0.4, 0.5) is 0 Å². The minimum absolute atomic E-state index is 0.108. The molecule has 1 atom stereocenters. The Morgan fingerprint density at radius 2 is 1.84 bits per heavy atom. The highest BCUT2D eigenvalue weighted by Crippen LogP contribution is 2.26. The zero-order valence-corrected chi connectivity index (χ0v) is 13.4. The summed E-state index contributed by atoms with van der Waals surface area (Å²) in [6.07, 6.45) is 6.18. The van der Waals surface area contributed by atoms with Gasteiger partial charge in [0.05, 0.1) is 0 Å². The van der Waals surface area contributed by atoms with Crippen LogP contribution in [0.15, 0.2) is 12.1 Å². The summed E-state index contributed by atoms with van der Waals surface area (Å²) >= 11 is 1.93. The molecule has 2 N–H and O–H groups in total. The summed E-state index contributed by atoms with van der Waals surface area (Å²) in [6, 6.07) is 4.73. The van der Waals surface area contributed by atoms with Crippen LogP contribution in [0.1, 0.15) is 49.8 Å². The summed E-state index contributed by atoms with van der Waals surface area (Å²) in [5, 5.41) is 0. The number of nitrogens with two attached hydrogens (primary N) is 1. The van der Waals surface area contributed by atoms with Crippen molar-refractivity contribution in [1.82, 2.24) is 4.90 Å². The van der Waals surface area contributed by atoms with Crippen LogP contribution in [0, 0.1) is 0 Å². The van der Waals surface area contributed by atoms with Gasteiger partial charge >= 0.3 is 0 Å². The normalized spacial score (nSPS) is 19.6. The molecule has 0 amide bonds. The van der Waals surface area contributed by atoms with Gasteiger partial charge in [0.2, 0.25) is 0 Å².